The van der Waals surface area contributed by atoms with Crippen LogP contribution < -0.4 is 16.2 Å². The van der Waals surface area contributed by atoms with Gasteiger partial charge in [0.1, 0.15) is 0 Å². The van der Waals surface area contributed by atoms with Crippen LogP contribution in [-0.4, -0.2) is 41.5 Å². The molecule has 110 valence electrons. The Labute approximate surface area is 121 Å². The van der Waals surface area contributed by atoms with Gasteiger partial charge in [-0.2, -0.15) is 0 Å². The fourth-order valence-electron chi connectivity index (χ4n) is 1.58. The number of rotatable bonds is 7. The van der Waals surface area contributed by atoms with Gasteiger partial charge in [0, 0.05) is 31.9 Å². The molecule has 0 spiro atoms. The Morgan fingerprint density at radius 2 is 1.95 bits per heavy atom. The summed E-state index contributed by atoms with van der Waals surface area (Å²) in [5.41, 5.74) is 0.786. The van der Waals surface area contributed by atoms with E-state index in [0.29, 0.717) is 13.1 Å². The van der Waals surface area contributed by atoms with Crippen LogP contribution in [-0.2, 0) is 16.1 Å². The van der Waals surface area contributed by atoms with E-state index in [4.69, 9.17) is 0 Å². The van der Waals surface area contributed by atoms with E-state index in [1.165, 1.54) is 17.8 Å². The van der Waals surface area contributed by atoms with Crippen LogP contribution in [0.2, 0.25) is 0 Å². The first-order chi connectivity index (χ1) is 9.54. The molecular weight excluding hydrogens is 278 g/mol. The van der Waals surface area contributed by atoms with E-state index < -0.39 is 0 Å². The Hall–Kier alpha value is -1.76. The summed E-state index contributed by atoms with van der Waals surface area (Å²) in [6.07, 6.45) is 0. The minimum atomic E-state index is -0.138. The summed E-state index contributed by atoms with van der Waals surface area (Å²) in [6.45, 7) is 2.68. The minimum Gasteiger partial charge on any atom is -0.358 e. The first-order valence-corrected chi connectivity index (χ1v) is 7.41. The Kier molecular flexibility index (Phi) is 6.86. The number of nitrogens with one attached hydrogen (secondary N) is 2. The predicted molar refractivity (Wildman–Crippen MR) is 79.8 cm³/mol. The van der Waals surface area contributed by atoms with Crippen molar-refractivity contribution in [2.75, 3.05) is 25.1 Å². The smallest absolute Gasteiger partial charge is 0.250 e. The fraction of sp³-hybridized carbons (Fsp3) is 0.462. The van der Waals surface area contributed by atoms with Gasteiger partial charge in [-0.15, -0.1) is 11.8 Å². The molecule has 0 aliphatic carbocycles. The lowest BCUT2D eigenvalue weighted by molar-refractivity contribution is -0.118. The third-order valence-corrected chi connectivity index (χ3v) is 3.60. The van der Waals surface area contributed by atoms with Gasteiger partial charge < -0.3 is 15.2 Å². The highest BCUT2D eigenvalue weighted by Crippen LogP contribution is 1.98. The second kappa shape index (κ2) is 8.42. The Morgan fingerprint density at radius 1 is 1.25 bits per heavy atom. The maximum atomic E-state index is 11.6. The number of carbonyl (C=O) groups excluding carboxylic acids is 2. The van der Waals surface area contributed by atoms with Crippen LogP contribution in [0.4, 0.5) is 0 Å². The summed E-state index contributed by atoms with van der Waals surface area (Å²) in [5, 5.41) is 5.21. The van der Waals surface area contributed by atoms with Crippen LogP contribution in [0.3, 0.4) is 0 Å². The molecule has 1 rings (SSSR count). The average Bonchev–Trinajstić information content (AvgIpc) is 2.42. The van der Waals surface area contributed by atoms with Gasteiger partial charge in [-0.3, -0.25) is 14.4 Å². The molecule has 0 aliphatic heterocycles. The van der Waals surface area contributed by atoms with Crippen molar-refractivity contribution in [3.63, 3.8) is 0 Å². The third kappa shape index (κ3) is 5.48. The molecule has 1 heterocycles. The highest BCUT2D eigenvalue weighted by atomic mass is 32.2. The number of hydrogen-bond donors (Lipinski definition) is 2. The van der Waals surface area contributed by atoms with Crippen molar-refractivity contribution in [1.29, 1.82) is 0 Å². The van der Waals surface area contributed by atoms with Crippen LogP contribution >= 0.6 is 11.8 Å². The molecule has 0 fully saturated rings. The second-order valence-electron chi connectivity index (χ2n) is 4.17. The summed E-state index contributed by atoms with van der Waals surface area (Å²) in [6, 6.07) is 5.05. The molecule has 0 saturated heterocycles. The number of aryl methyl sites for hydroxylation is 1. The Bertz CT molecular complexity index is 528. The molecule has 0 aliphatic rings. The van der Waals surface area contributed by atoms with Gasteiger partial charge >= 0.3 is 0 Å². The molecule has 0 unspecified atom stereocenters. The summed E-state index contributed by atoms with van der Waals surface area (Å²) in [7, 11) is 1.56. The summed E-state index contributed by atoms with van der Waals surface area (Å²) in [5.74, 6) is 0.256. The van der Waals surface area contributed by atoms with E-state index in [2.05, 4.69) is 10.6 Å². The Balaban J connectivity index is 2.29. The molecule has 2 amide bonds. The lowest BCUT2D eigenvalue weighted by Gasteiger charge is -2.10. The van der Waals surface area contributed by atoms with E-state index >= 15 is 0 Å². The number of aromatic nitrogens is 1. The van der Waals surface area contributed by atoms with Crippen LogP contribution in [0.15, 0.2) is 23.0 Å². The summed E-state index contributed by atoms with van der Waals surface area (Å²) < 4.78 is 1.61. The lowest BCUT2D eigenvalue weighted by atomic mass is 10.3. The van der Waals surface area contributed by atoms with E-state index in [1.54, 1.807) is 17.7 Å². The molecule has 7 heteroatoms. The van der Waals surface area contributed by atoms with Crippen LogP contribution in [0.5, 0.6) is 0 Å². The lowest BCUT2D eigenvalue weighted by Crippen LogP contribution is -2.32. The minimum absolute atomic E-state index is 0.0757. The van der Waals surface area contributed by atoms with Crippen molar-refractivity contribution in [2.45, 2.75) is 13.5 Å². The molecule has 0 radical (unpaired) electrons. The van der Waals surface area contributed by atoms with Crippen molar-refractivity contribution in [3.05, 3.63) is 34.2 Å². The van der Waals surface area contributed by atoms with Crippen molar-refractivity contribution in [3.8, 4) is 0 Å². The first-order valence-electron chi connectivity index (χ1n) is 6.26. The predicted octanol–water partition coefficient (Wildman–Crippen LogP) is -0.248. The molecule has 20 heavy (non-hydrogen) atoms. The molecule has 0 atom stereocenters. The normalized spacial score (nSPS) is 10.1. The molecule has 0 aromatic carbocycles. The molecular formula is C13H19N3O3S. The number of carbonyl (C=O) groups is 2. The Morgan fingerprint density at radius 3 is 2.60 bits per heavy atom. The third-order valence-electron chi connectivity index (χ3n) is 2.67. The molecule has 1 aromatic heterocycles. The summed E-state index contributed by atoms with van der Waals surface area (Å²) >= 11 is 1.25. The van der Waals surface area contributed by atoms with Crippen molar-refractivity contribution in [2.24, 2.45) is 0 Å². The van der Waals surface area contributed by atoms with E-state index in [1.807, 2.05) is 13.0 Å². The monoisotopic (exact) mass is 297 g/mol. The quantitative estimate of drug-likeness (QED) is 0.727. The molecule has 6 nitrogen and oxygen atoms in total. The number of hydrogen-bond acceptors (Lipinski definition) is 4. The van der Waals surface area contributed by atoms with E-state index in [-0.39, 0.29) is 28.9 Å². The van der Waals surface area contributed by atoms with Crippen molar-refractivity contribution < 1.29 is 9.59 Å². The highest BCUT2D eigenvalue weighted by molar-refractivity contribution is 8.00. The van der Waals surface area contributed by atoms with Crippen LogP contribution in [0, 0.1) is 6.92 Å². The fourth-order valence-corrected chi connectivity index (χ4v) is 2.30. The van der Waals surface area contributed by atoms with Gasteiger partial charge in [-0.25, -0.2) is 0 Å². The number of pyridine rings is 1. The largest absolute Gasteiger partial charge is 0.358 e. The first kappa shape index (κ1) is 16.3. The second-order valence-corrected chi connectivity index (χ2v) is 5.16. The topological polar surface area (TPSA) is 80.2 Å². The zero-order valence-electron chi connectivity index (χ0n) is 11.6. The number of amides is 2. The van der Waals surface area contributed by atoms with Crippen molar-refractivity contribution in [1.82, 2.24) is 15.2 Å². The van der Waals surface area contributed by atoms with E-state index in [9.17, 15) is 14.4 Å². The molecule has 2 N–H and O–H groups in total. The van der Waals surface area contributed by atoms with Gasteiger partial charge in [-0.05, 0) is 13.0 Å². The zero-order chi connectivity index (χ0) is 15.0. The SMILES string of the molecule is CNC(=O)CSCC(=O)NCCn1c(C)cccc1=O. The van der Waals surface area contributed by atoms with Crippen molar-refractivity contribution >= 4 is 23.6 Å². The van der Waals surface area contributed by atoms with Gasteiger partial charge in [0.2, 0.25) is 11.8 Å². The van der Waals surface area contributed by atoms with Crippen LogP contribution in [0.1, 0.15) is 5.69 Å². The average molecular weight is 297 g/mol. The standard InChI is InChI=1S/C13H19N3O3S/c1-10-4-3-5-13(19)16(10)7-6-15-12(18)9-20-8-11(17)14-2/h3-5H,6-9H2,1-2H3,(H,14,17)(H,15,18). The number of nitrogens with zero attached hydrogens (tertiary/aromatic N) is 1. The zero-order valence-corrected chi connectivity index (χ0v) is 12.5. The van der Waals surface area contributed by atoms with Gasteiger partial charge in [0.05, 0.1) is 11.5 Å². The molecule has 1 aromatic rings. The molecule has 0 saturated carbocycles. The van der Waals surface area contributed by atoms with Gasteiger partial charge in [0.15, 0.2) is 0 Å². The maximum absolute atomic E-state index is 11.6. The van der Waals surface area contributed by atoms with Gasteiger partial charge in [0.25, 0.3) is 5.56 Å². The maximum Gasteiger partial charge on any atom is 0.250 e. The van der Waals surface area contributed by atoms with Gasteiger partial charge in [-0.1, -0.05) is 6.07 Å². The molecule has 0 bridgehead atoms. The number of thioether (sulfide) groups is 1. The summed E-state index contributed by atoms with van der Waals surface area (Å²) in [4.78, 5) is 34.1. The van der Waals surface area contributed by atoms with Crippen LogP contribution in [0.25, 0.3) is 0 Å². The highest BCUT2D eigenvalue weighted by Gasteiger charge is 2.04. The van der Waals surface area contributed by atoms with E-state index in [0.717, 1.165) is 5.69 Å².